The van der Waals surface area contributed by atoms with Gasteiger partial charge in [0.05, 0.1) is 19.1 Å². The number of ether oxygens (including phenoxy) is 1. The molecule has 0 aromatic heterocycles. The summed E-state index contributed by atoms with van der Waals surface area (Å²) in [5.74, 6) is 0.00210. The van der Waals surface area contributed by atoms with Crippen LogP contribution < -0.4 is 5.32 Å². The lowest BCUT2D eigenvalue weighted by atomic mass is 10.1. The SMILES string of the molecule is CN1CCOC(CCNC(=O)Cc2ccccc2Cl)C1. The van der Waals surface area contributed by atoms with E-state index >= 15 is 0 Å². The van der Waals surface area contributed by atoms with Gasteiger partial charge in [-0.1, -0.05) is 29.8 Å². The predicted molar refractivity (Wildman–Crippen MR) is 80.0 cm³/mol. The molecule has 0 saturated carbocycles. The Balaban J connectivity index is 1.69. The van der Waals surface area contributed by atoms with Crippen molar-refractivity contribution in [2.24, 2.45) is 0 Å². The molecule has 2 rings (SSSR count). The van der Waals surface area contributed by atoms with Gasteiger partial charge < -0.3 is 15.0 Å². The summed E-state index contributed by atoms with van der Waals surface area (Å²) in [6.45, 7) is 3.33. The highest BCUT2D eigenvalue weighted by Crippen LogP contribution is 2.15. The number of amides is 1. The molecule has 1 aromatic carbocycles. The predicted octanol–water partition coefficient (Wildman–Crippen LogP) is 1.72. The van der Waals surface area contributed by atoms with Crippen molar-refractivity contribution in [3.05, 3.63) is 34.9 Å². The van der Waals surface area contributed by atoms with Crippen LogP contribution >= 0.6 is 11.6 Å². The molecule has 20 heavy (non-hydrogen) atoms. The zero-order valence-electron chi connectivity index (χ0n) is 11.8. The van der Waals surface area contributed by atoms with Gasteiger partial charge in [-0.05, 0) is 25.1 Å². The zero-order chi connectivity index (χ0) is 14.4. The number of carbonyl (C=O) groups excluding carboxylic acids is 1. The molecule has 1 atom stereocenters. The van der Waals surface area contributed by atoms with Crippen LogP contribution in [-0.2, 0) is 16.0 Å². The van der Waals surface area contributed by atoms with Crippen LogP contribution in [0.3, 0.4) is 0 Å². The van der Waals surface area contributed by atoms with E-state index in [9.17, 15) is 4.79 Å². The first-order valence-corrected chi connectivity index (χ1v) is 7.33. The van der Waals surface area contributed by atoms with Crippen molar-refractivity contribution in [3.63, 3.8) is 0 Å². The van der Waals surface area contributed by atoms with Crippen LogP contribution in [0.2, 0.25) is 5.02 Å². The lowest BCUT2D eigenvalue weighted by Gasteiger charge is -2.30. The minimum absolute atomic E-state index is 0.00210. The lowest BCUT2D eigenvalue weighted by Crippen LogP contribution is -2.41. The average Bonchev–Trinajstić information content (AvgIpc) is 2.41. The van der Waals surface area contributed by atoms with Crippen LogP contribution in [0.1, 0.15) is 12.0 Å². The van der Waals surface area contributed by atoms with Crippen molar-refractivity contribution in [2.45, 2.75) is 18.9 Å². The zero-order valence-corrected chi connectivity index (χ0v) is 12.5. The number of carbonyl (C=O) groups is 1. The van der Waals surface area contributed by atoms with Gasteiger partial charge in [-0.3, -0.25) is 4.79 Å². The Morgan fingerprint density at radius 3 is 3.05 bits per heavy atom. The number of benzene rings is 1. The second-order valence-corrected chi connectivity index (χ2v) is 5.57. The summed E-state index contributed by atoms with van der Waals surface area (Å²) in [7, 11) is 2.09. The summed E-state index contributed by atoms with van der Waals surface area (Å²) in [6, 6.07) is 7.43. The molecule has 1 heterocycles. The summed E-state index contributed by atoms with van der Waals surface area (Å²) in [6.07, 6.45) is 1.39. The number of likely N-dealkylation sites (N-methyl/N-ethyl adjacent to an activating group) is 1. The molecule has 1 fully saturated rings. The maximum Gasteiger partial charge on any atom is 0.224 e. The van der Waals surface area contributed by atoms with Crippen molar-refractivity contribution in [1.29, 1.82) is 0 Å². The van der Waals surface area contributed by atoms with Gasteiger partial charge in [0.15, 0.2) is 0 Å². The molecule has 1 N–H and O–H groups in total. The standard InChI is InChI=1S/C15H21ClN2O2/c1-18-8-9-20-13(11-18)6-7-17-15(19)10-12-4-2-3-5-14(12)16/h2-5,13H,6-11H2,1H3,(H,17,19). The summed E-state index contributed by atoms with van der Waals surface area (Å²) in [4.78, 5) is 14.1. The summed E-state index contributed by atoms with van der Waals surface area (Å²) < 4.78 is 5.65. The minimum atomic E-state index is 0.00210. The molecule has 1 amide bonds. The van der Waals surface area contributed by atoms with Crippen molar-refractivity contribution in [3.8, 4) is 0 Å². The van der Waals surface area contributed by atoms with Crippen molar-refractivity contribution in [2.75, 3.05) is 33.3 Å². The van der Waals surface area contributed by atoms with Gasteiger partial charge in [-0.15, -0.1) is 0 Å². The Labute approximate surface area is 125 Å². The van der Waals surface area contributed by atoms with Gasteiger partial charge in [0.25, 0.3) is 0 Å². The van der Waals surface area contributed by atoms with Crippen molar-refractivity contribution < 1.29 is 9.53 Å². The molecule has 5 heteroatoms. The number of hydrogen-bond donors (Lipinski definition) is 1. The van der Waals surface area contributed by atoms with Gasteiger partial charge in [0, 0.05) is 24.7 Å². The van der Waals surface area contributed by atoms with E-state index in [1.807, 2.05) is 18.2 Å². The fourth-order valence-electron chi connectivity index (χ4n) is 2.29. The first kappa shape index (κ1) is 15.3. The lowest BCUT2D eigenvalue weighted by molar-refractivity contribution is -0.120. The molecule has 1 aromatic rings. The number of hydrogen-bond acceptors (Lipinski definition) is 3. The normalized spacial score (nSPS) is 19.8. The molecule has 1 saturated heterocycles. The number of nitrogens with one attached hydrogen (secondary N) is 1. The molecule has 0 aliphatic carbocycles. The first-order chi connectivity index (χ1) is 9.65. The maximum atomic E-state index is 11.8. The van der Waals surface area contributed by atoms with Gasteiger partial charge in [-0.25, -0.2) is 0 Å². The number of rotatable bonds is 5. The van der Waals surface area contributed by atoms with Crippen molar-refractivity contribution >= 4 is 17.5 Å². The summed E-state index contributed by atoms with van der Waals surface area (Å²) in [5.41, 5.74) is 0.861. The smallest absolute Gasteiger partial charge is 0.224 e. The van der Waals surface area contributed by atoms with Crippen LogP contribution in [-0.4, -0.2) is 50.2 Å². The Bertz CT molecular complexity index is 453. The van der Waals surface area contributed by atoms with Crippen LogP contribution in [0.15, 0.2) is 24.3 Å². The van der Waals surface area contributed by atoms with E-state index in [0.29, 0.717) is 18.0 Å². The quantitative estimate of drug-likeness (QED) is 0.899. The molecule has 0 radical (unpaired) electrons. The van der Waals surface area contributed by atoms with E-state index < -0.39 is 0 Å². The second kappa shape index (κ2) is 7.62. The number of morpholine rings is 1. The second-order valence-electron chi connectivity index (χ2n) is 5.16. The Morgan fingerprint density at radius 1 is 1.50 bits per heavy atom. The molecule has 110 valence electrons. The molecular formula is C15H21ClN2O2. The van der Waals surface area contributed by atoms with Crippen LogP contribution in [0.25, 0.3) is 0 Å². The Kier molecular flexibility index (Phi) is 5.83. The first-order valence-electron chi connectivity index (χ1n) is 6.95. The van der Waals surface area contributed by atoms with E-state index in [-0.39, 0.29) is 12.0 Å². The third kappa shape index (κ3) is 4.78. The summed E-state index contributed by atoms with van der Waals surface area (Å²) in [5, 5.41) is 3.56. The maximum absolute atomic E-state index is 11.8. The van der Waals surface area contributed by atoms with E-state index in [1.165, 1.54) is 0 Å². The van der Waals surface area contributed by atoms with Crippen LogP contribution in [0.4, 0.5) is 0 Å². The van der Waals surface area contributed by atoms with Crippen LogP contribution in [0.5, 0.6) is 0 Å². The average molecular weight is 297 g/mol. The topological polar surface area (TPSA) is 41.6 Å². The Morgan fingerprint density at radius 2 is 2.30 bits per heavy atom. The van der Waals surface area contributed by atoms with Gasteiger partial charge in [0.1, 0.15) is 0 Å². The molecule has 1 unspecified atom stereocenters. The highest BCUT2D eigenvalue weighted by molar-refractivity contribution is 6.31. The van der Waals surface area contributed by atoms with Crippen molar-refractivity contribution in [1.82, 2.24) is 10.2 Å². The minimum Gasteiger partial charge on any atom is -0.375 e. The molecule has 0 bridgehead atoms. The monoisotopic (exact) mass is 296 g/mol. The summed E-state index contributed by atoms with van der Waals surface area (Å²) >= 11 is 6.03. The number of halogens is 1. The third-order valence-electron chi connectivity index (χ3n) is 3.44. The highest BCUT2D eigenvalue weighted by Gasteiger charge is 2.17. The van der Waals surface area contributed by atoms with E-state index in [2.05, 4.69) is 17.3 Å². The fraction of sp³-hybridized carbons (Fsp3) is 0.533. The van der Waals surface area contributed by atoms with Crippen LogP contribution in [0, 0.1) is 0 Å². The third-order valence-corrected chi connectivity index (χ3v) is 3.81. The van der Waals surface area contributed by atoms with Gasteiger partial charge in [0.2, 0.25) is 5.91 Å². The van der Waals surface area contributed by atoms with E-state index in [0.717, 1.165) is 31.7 Å². The molecule has 1 aliphatic heterocycles. The van der Waals surface area contributed by atoms with Gasteiger partial charge in [-0.2, -0.15) is 0 Å². The van der Waals surface area contributed by atoms with E-state index in [1.54, 1.807) is 6.07 Å². The molecule has 1 aliphatic rings. The number of nitrogens with zero attached hydrogens (tertiary/aromatic N) is 1. The fourth-order valence-corrected chi connectivity index (χ4v) is 2.49. The molecule has 0 spiro atoms. The van der Waals surface area contributed by atoms with Gasteiger partial charge >= 0.3 is 0 Å². The van der Waals surface area contributed by atoms with E-state index in [4.69, 9.17) is 16.3 Å². The Hall–Kier alpha value is -1.10. The highest BCUT2D eigenvalue weighted by atomic mass is 35.5. The largest absolute Gasteiger partial charge is 0.375 e. The molecule has 4 nitrogen and oxygen atoms in total. The molecular weight excluding hydrogens is 276 g/mol.